The summed E-state index contributed by atoms with van der Waals surface area (Å²) in [5.41, 5.74) is 8.16. The lowest BCUT2D eigenvalue weighted by molar-refractivity contribution is -0.137. The molecule has 3 heterocycles. The van der Waals surface area contributed by atoms with Crippen LogP contribution in [-0.2, 0) is 24.1 Å². The summed E-state index contributed by atoms with van der Waals surface area (Å²) < 4.78 is 44.1. The number of carbonyl (C=O) groups excluding carboxylic acids is 1. The smallest absolute Gasteiger partial charge is 0.392 e. The van der Waals surface area contributed by atoms with Gasteiger partial charge in [-0.3, -0.25) is 9.78 Å². The van der Waals surface area contributed by atoms with E-state index in [-0.39, 0.29) is 24.9 Å². The number of carbonyl (C=O) groups is 1. The number of fused-ring (bicyclic) bond motifs is 3. The first-order valence-electron chi connectivity index (χ1n) is 10.4. The van der Waals surface area contributed by atoms with Crippen LogP contribution in [0.15, 0.2) is 36.5 Å². The standard InChI is InChI=1S/C23H23F3N4O3/c1-12(31)9-30(10-16-5-4-15(8-28-16)23(24,25)26)22(32)14-3-6-19-17(7-14)18-11-33-13(2)20(18)21(27)29-19/h3-8,12-13,31H,9-11H2,1-2H3,(H2,27,29). The van der Waals surface area contributed by atoms with E-state index in [9.17, 15) is 23.1 Å². The van der Waals surface area contributed by atoms with Gasteiger partial charge in [-0.15, -0.1) is 0 Å². The zero-order chi connectivity index (χ0) is 23.9. The van der Waals surface area contributed by atoms with E-state index in [2.05, 4.69) is 9.97 Å². The Balaban J connectivity index is 1.66. The van der Waals surface area contributed by atoms with Crippen LogP contribution >= 0.6 is 0 Å². The molecule has 2 aromatic heterocycles. The summed E-state index contributed by atoms with van der Waals surface area (Å²) in [7, 11) is 0. The summed E-state index contributed by atoms with van der Waals surface area (Å²) in [6.07, 6.45) is -4.81. The first-order valence-corrected chi connectivity index (χ1v) is 10.4. The fourth-order valence-electron chi connectivity index (χ4n) is 4.00. The molecule has 0 fully saturated rings. The minimum Gasteiger partial charge on any atom is -0.392 e. The normalized spacial score (nSPS) is 16.6. The Morgan fingerprint density at radius 2 is 2.09 bits per heavy atom. The van der Waals surface area contributed by atoms with E-state index in [0.717, 1.165) is 28.8 Å². The maximum absolute atomic E-state index is 13.3. The molecule has 1 aliphatic rings. The first-order chi connectivity index (χ1) is 15.5. The van der Waals surface area contributed by atoms with Crippen molar-refractivity contribution in [2.24, 2.45) is 0 Å². The molecule has 7 nitrogen and oxygen atoms in total. The highest BCUT2D eigenvalue weighted by molar-refractivity contribution is 5.99. The highest BCUT2D eigenvalue weighted by Crippen LogP contribution is 2.38. The van der Waals surface area contributed by atoms with Crippen molar-refractivity contribution in [1.29, 1.82) is 0 Å². The number of benzene rings is 1. The van der Waals surface area contributed by atoms with Crippen molar-refractivity contribution in [3.05, 3.63) is 64.5 Å². The number of hydrogen-bond donors (Lipinski definition) is 2. The van der Waals surface area contributed by atoms with Gasteiger partial charge >= 0.3 is 6.18 Å². The number of halogens is 3. The van der Waals surface area contributed by atoms with Crippen LogP contribution < -0.4 is 5.73 Å². The number of aliphatic hydroxyl groups is 1. The Morgan fingerprint density at radius 1 is 1.33 bits per heavy atom. The quantitative estimate of drug-likeness (QED) is 0.600. The first kappa shape index (κ1) is 22.9. The number of nitrogens with zero attached hydrogens (tertiary/aromatic N) is 3. The average Bonchev–Trinajstić information content (AvgIpc) is 3.14. The van der Waals surface area contributed by atoms with Crippen molar-refractivity contribution >= 4 is 22.6 Å². The Labute approximate surface area is 188 Å². The van der Waals surface area contributed by atoms with Crippen molar-refractivity contribution in [2.75, 3.05) is 12.3 Å². The van der Waals surface area contributed by atoms with Gasteiger partial charge in [0.05, 0.1) is 42.1 Å². The maximum atomic E-state index is 13.3. The second kappa shape index (κ2) is 8.60. The topological polar surface area (TPSA) is 102 Å². The van der Waals surface area contributed by atoms with Crippen LogP contribution in [0.2, 0.25) is 0 Å². The highest BCUT2D eigenvalue weighted by Gasteiger charge is 2.31. The third kappa shape index (κ3) is 4.62. The summed E-state index contributed by atoms with van der Waals surface area (Å²) in [4.78, 5) is 22.9. The van der Waals surface area contributed by atoms with Crippen LogP contribution in [0, 0.1) is 0 Å². The predicted molar refractivity (Wildman–Crippen MR) is 115 cm³/mol. The molecule has 4 rings (SSSR count). The molecule has 2 unspecified atom stereocenters. The molecule has 33 heavy (non-hydrogen) atoms. The Kier molecular flexibility index (Phi) is 5.98. The molecule has 2 atom stereocenters. The molecule has 0 bridgehead atoms. The van der Waals surface area contributed by atoms with E-state index in [1.54, 1.807) is 18.2 Å². The zero-order valence-corrected chi connectivity index (χ0v) is 18.1. The lowest BCUT2D eigenvalue weighted by Gasteiger charge is -2.24. The Hall–Kier alpha value is -3.24. The third-order valence-corrected chi connectivity index (χ3v) is 5.57. The van der Waals surface area contributed by atoms with E-state index in [4.69, 9.17) is 10.5 Å². The lowest BCUT2D eigenvalue weighted by Crippen LogP contribution is -2.36. The fraction of sp³-hybridized carbons (Fsp3) is 0.348. The SMILES string of the molecule is CC(O)CN(Cc1ccc(C(F)(F)F)cn1)C(=O)c1ccc2nc(N)c3c(c2c1)COC3C. The van der Waals surface area contributed by atoms with E-state index in [1.165, 1.54) is 17.9 Å². The van der Waals surface area contributed by atoms with Crippen LogP contribution in [0.5, 0.6) is 0 Å². The molecule has 0 aliphatic carbocycles. The van der Waals surface area contributed by atoms with Crippen molar-refractivity contribution in [1.82, 2.24) is 14.9 Å². The highest BCUT2D eigenvalue weighted by atomic mass is 19.4. The molecule has 1 amide bonds. The average molecular weight is 460 g/mol. The van der Waals surface area contributed by atoms with E-state index in [0.29, 0.717) is 23.5 Å². The monoisotopic (exact) mass is 460 g/mol. The number of nitrogens with two attached hydrogens (primary N) is 1. The van der Waals surface area contributed by atoms with Crippen molar-refractivity contribution in [3.8, 4) is 0 Å². The Morgan fingerprint density at radius 3 is 2.73 bits per heavy atom. The number of rotatable bonds is 5. The summed E-state index contributed by atoms with van der Waals surface area (Å²) in [6.45, 7) is 3.69. The number of nitrogen functional groups attached to an aromatic ring is 1. The van der Waals surface area contributed by atoms with Gasteiger partial charge in [0.2, 0.25) is 0 Å². The number of hydrogen-bond acceptors (Lipinski definition) is 6. The van der Waals surface area contributed by atoms with Crippen LogP contribution in [0.3, 0.4) is 0 Å². The molecule has 1 aliphatic heterocycles. The molecular formula is C23H23F3N4O3. The van der Waals surface area contributed by atoms with Gasteiger partial charge in [-0.2, -0.15) is 13.2 Å². The largest absolute Gasteiger partial charge is 0.417 e. The van der Waals surface area contributed by atoms with Crippen LogP contribution in [-0.4, -0.2) is 38.5 Å². The van der Waals surface area contributed by atoms with E-state index < -0.39 is 23.8 Å². The molecule has 0 radical (unpaired) electrons. The van der Waals surface area contributed by atoms with E-state index >= 15 is 0 Å². The summed E-state index contributed by atoms with van der Waals surface area (Å²) in [5, 5.41) is 10.7. The van der Waals surface area contributed by atoms with Gasteiger partial charge < -0.3 is 20.5 Å². The van der Waals surface area contributed by atoms with Crippen LogP contribution in [0.4, 0.5) is 19.0 Å². The molecule has 10 heteroatoms. The molecule has 1 aromatic carbocycles. The molecule has 3 N–H and O–H groups in total. The van der Waals surface area contributed by atoms with Crippen LogP contribution in [0.1, 0.15) is 52.7 Å². The second-order valence-corrected chi connectivity index (χ2v) is 8.15. The number of ether oxygens (including phenoxy) is 1. The van der Waals surface area contributed by atoms with Crippen LogP contribution in [0.25, 0.3) is 10.9 Å². The summed E-state index contributed by atoms with van der Waals surface area (Å²) in [5.74, 6) is 0.00252. The van der Waals surface area contributed by atoms with Gasteiger partial charge in [-0.05, 0) is 49.7 Å². The molecule has 0 saturated carbocycles. The zero-order valence-electron chi connectivity index (χ0n) is 18.1. The number of alkyl halides is 3. The fourth-order valence-corrected chi connectivity index (χ4v) is 4.00. The van der Waals surface area contributed by atoms with Crippen molar-refractivity contribution < 1.29 is 27.8 Å². The second-order valence-electron chi connectivity index (χ2n) is 8.15. The number of amides is 1. The number of aliphatic hydroxyl groups excluding tert-OH is 1. The van der Waals surface area contributed by atoms with Gasteiger partial charge in [0.15, 0.2) is 0 Å². The molecule has 0 spiro atoms. The molecular weight excluding hydrogens is 437 g/mol. The minimum atomic E-state index is -4.50. The van der Waals surface area contributed by atoms with Gasteiger partial charge in [-0.1, -0.05) is 0 Å². The van der Waals surface area contributed by atoms with Gasteiger partial charge in [0.1, 0.15) is 5.82 Å². The van der Waals surface area contributed by atoms with Crippen molar-refractivity contribution in [2.45, 2.75) is 45.4 Å². The minimum absolute atomic E-state index is 0.0161. The third-order valence-electron chi connectivity index (χ3n) is 5.57. The van der Waals surface area contributed by atoms with Crippen molar-refractivity contribution in [3.63, 3.8) is 0 Å². The lowest BCUT2D eigenvalue weighted by atomic mass is 10.00. The molecule has 0 saturated heterocycles. The van der Waals surface area contributed by atoms with Gasteiger partial charge in [0, 0.05) is 29.3 Å². The number of aromatic nitrogens is 2. The Bertz CT molecular complexity index is 1200. The summed E-state index contributed by atoms with van der Waals surface area (Å²) in [6, 6.07) is 7.16. The number of anilines is 1. The predicted octanol–water partition coefficient (Wildman–Crippen LogP) is 3.85. The molecule has 174 valence electrons. The van der Waals surface area contributed by atoms with Gasteiger partial charge in [0.25, 0.3) is 5.91 Å². The molecule has 3 aromatic rings. The maximum Gasteiger partial charge on any atom is 0.417 e. The summed E-state index contributed by atoms with van der Waals surface area (Å²) >= 11 is 0. The van der Waals surface area contributed by atoms with Gasteiger partial charge in [-0.25, -0.2) is 4.98 Å². The number of pyridine rings is 2. The van der Waals surface area contributed by atoms with E-state index in [1.807, 2.05) is 6.92 Å².